The van der Waals surface area contributed by atoms with Crippen LogP contribution in [0.1, 0.15) is 89.5 Å². The molecule has 4 aliphatic rings. The Morgan fingerprint density at radius 1 is 1.05 bits per heavy atom. The molecule has 214 valence electrons. The van der Waals surface area contributed by atoms with Crippen LogP contribution in [0.25, 0.3) is 0 Å². The molecule has 2 saturated carbocycles. The summed E-state index contributed by atoms with van der Waals surface area (Å²) >= 11 is 6.19. The Bertz CT molecular complexity index is 1190. The second kappa shape index (κ2) is 13.3. The number of esters is 1. The second-order valence-electron chi connectivity index (χ2n) is 12.3. The monoisotopic (exact) mass is 564 g/mol. The van der Waals surface area contributed by atoms with Crippen molar-refractivity contribution in [3.63, 3.8) is 0 Å². The van der Waals surface area contributed by atoms with Crippen molar-refractivity contribution < 1.29 is 14.3 Å². The Hall–Kier alpha value is -2.69. The fourth-order valence-corrected chi connectivity index (χ4v) is 7.21. The zero-order valence-electron chi connectivity index (χ0n) is 23.9. The van der Waals surface area contributed by atoms with Crippen LogP contribution in [0, 0.1) is 23.7 Å². The highest BCUT2D eigenvalue weighted by molar-refractivity contribution is 6.30. The van der Waals surface area contributed by atoms with E-state index in [1.807, 2.05) is 38.3 Å². The zero-order chi connectivity index (χ0) is 28.1. The third kappa shape index (κ3) is 7.14. The van der Waals surface area contributed by atoms with E-state index in [-0.39, 0.29) is 35.7 Å². The van der Waals surface area contributed by atoms with Crippen LogP contribution < -0.4 is 4.67 Å². The highest BCUT2D eigenvalue weighted by Gasteiger charge is 2.40. The smallest absolute Gasteiger partial charge is 0.462 e. The van der Waals surface area contributed by atoms with E-state index in [1.165, 1.54) is 5.56 Å². The van der Waals surface area contributed by atoms with Crippen LogP contribution in [0.4, 0.5) is 0 Å². The van der Waals surface area contributed by atoms with Gasteiger partial charge in [0.25, 0.3) is 0 Å². The number of allylic oxidation sites excluding steroid dienone is 2. The van der Waals surface area contributed by atoms with Crippen LogP contribution in [0.5, 0.6) is 0 Å². The molecule has 3 fully saturated rings. The summed E-state index contributed by atoms with van der Waals surface area (Å²) in [6.45, 7) is 5.61. The minimum Gasteiger partial charge on any atom is -0.462 e. The first kappa shape index (κ1) is 28.8. The number of benzene rings is 1. The molecule has 5 rings (SSSR count). The lowest BCUT2D eigenvalue weighted by Gasteiger charge is -2.39. The van der Waals surface area contributed by atoms with Crippen molar-refractivity contribution >= 4 is 41.7 Å². The molecule has 0 bridgehead atoms. The van der Waals surface area contributed by atoms with Gasteiger partial charge in [-0.3, -0.25) is 9.59 Å². The predicted octanol–water partition coefficient (Wildman–Crippen LogP) is 6.16. The molecule has 0 N–H and O–H groups in total. The largest absolute Gasteiger partial charge is 0.482 e. The number of ketones is 1. The van der Waals surface area contributed by atoms with E-state index in [0.717, 1.165) is 93.9 Å². The van der Waals surface area contributed by atoms with Crippen molar-refractivity contribution in [2.75, 3.05) is 13.1 Å². The maximum atomic E-state index is 13.8. The number of aliphatic imine (C=N–C) groups is 1. The number of nitrogens with zero attached hydrogens (tertiary/aromatic N) is 3. The first-order chi connectivity index (χ1) is 19.4. The Labute approximate surface area is 243 Å². The minimum absolute atomic E-state index is 0.0524. The predicted molar refractivity (Wildman–Crippen MR) is 162 cm³/mol. The number of piperidine rings is 1. The van der Waals surface area contributed by atoms with Crippen LogP contribution in [0.2, 0.25) is 5.02 Å². The molecular formula is C33H43ClN3O3+. The Kier molecular flexibility index (Phi) is 9.59. The topological polar surface area (TPSA) is 73.1 Å². The fraction of sp³-hybridized carbons (Fsp3) is 0.606. The normalized spacial score (nSPS) is 26.7. The second-order valence-corrected chi connectivity index (χ2v) is 12.8. The van der Waals surface area contributed by atoms with Gasteiger partial charge in [0.1, 0.15) is 18.1 Å². The minimum atomic E-state index is -0.173. The van der Waals surface area contributed by atoms with E-state index in [0.29, 0.717) is 11.7 Å². The van der Waals surface area contributed by atoms with E-state index in [4.69, 9.17) is 16.3 Å². The Balaban J connectivity index is 1.22. The average molecular weight is 565 g/mol. The van der Waals surface area contributed by atoms with Gasteiger partial charge in [0.05, 0.1) is 19.0 Å². The first-order valence-electron chi connectivity index (χ1n) is 15.2. The number of rotatable bonds is 7. The van der Waals surface area contributed by atoms with Gasteiger partial charge in [0.2, 0.25) is 0 Å². The number of halogens is 1. The number of carbonyl (C=O) groups is 2. The van der Waals surface area contributed by atoms with Gasteiger partial charge in [-0.25, -0.2) is 9.57 Å². The van der Waals surface area contributed by atoms with E-state index in [1.54, 1.807) is 6.21 Å². The number of hydrogen-bond donors (Lipinski definition) is 0. The van der Waals surface area contributed by atoms with Gasteiger partial charge < -0.3 is 4.74 Å². The SMILES string of the molecule is CC1=CC=[N+]=C(N2CCC(C(=O)C3CCC(c4ccc(Cl)cc4)C(CC(C)C(=O)OC4CCCC4)C3)CC2)N=C1. The Morgan fingerprint density at radius 3 is 2.50 bits per heavy atom. The van der Waals surface area contributed by atoms with Gasteiger partial charge in [-0.2, -0.15) is 0 Å². The molecule has 2 aliphatic carbocycles. The standard InChI is InChI=1S/C33H43ClN3O3/c1-22-13-16-35-33(36-21-22)37-17-14-25(15-18-37)31(38)26-9-12-30(24-7-10-28(34)11-8-24)27(20-26)19-23(2)32(39)40-29-5-3-4-6-29/h7-8,10-11,13,16,21,23,25-27,29-30H,3-6,9,12,14-15,17-20H2,1-2H3/q+1. The lowest BCUT2D eigenvalue weighted by Crippen LogP contribution is -2.42. The molecule has 2 heterocycles. The zero-order valence-corrected chi connectivity index (χ0v) is 24.7. The molecule has 40 heavy (non-hydrogen) atoms. The number of carbonyl (C=O) groups excluding carboxylic acids is 2. The summed E-state index contributed by atoms with van der Waals surface area (Å²) in [4.78, 5) is 33.5. The molecule has 1 saturated heterocycles. The van der Waals surface area contributed by atoms with Crippen LogP contribution in [0.3, 0.4) is 0 Å². The molecule has 1 aromatic rings. The maximum Gasteiger partial charge on any atom is 0.482 e. The lowest BCUT2D eigenvalue weighted by atomic mass is 9.66. The number of likely N-dealkylation sites (tertiary alicyclic amines) is 1. The summed E-state index contributed by atoms with van der Waals surface area (Å²) in [6.07, 6.45) is 15.1. The summed E-state index contributed by atoms with van der Waals surface area (Å²) in [6, 6.07) is 8.14. The molecule has 0 spiro atoms. The van der Waals surface area contributed by atoms with Gasteiger partial charge in [-0.05, 0) is 112 Å². The third-order valence-electron chi connectivity index (χ3n) is 9.42. The number of hydrogen-bond acceptors (Lipinski definition) is 5. The van der Waals surface area contributed by atoms with Gasteiger partial charge in [-0.15, -0.1) is 0 Å². The van der Waals surface area contributed by atoms with Crippen LogP contribution >= 0.6 is 11.6 Å². The van der Waals surface area contributed by atoms with Crippen molar-refractivity contribution in [2.45, 2.75) is 90.1 Å². The van der Waals surface area contributed by atoms with Crippen molar-refractivity contribution in [1.82, 2.24) is 9.57 Å². The first-order valence-corrected chi connectivity index (χ1v) is 15.6. The summed E-state index contributed by atoms with van der Waals surface area (Å²) in [7, 11) is 0. The number of guanidine groups is 1. The highest BCUT2D eigenvalue weighted by Crippen LogP contribution is 2.45. The van der Waals surface area contributed by atoms with Gasteiger partial charge in [0.15, 0.2) is 6.21 Å². The molecule has 0 aromatic heterocycles. The molecular weight excluding hydrogens is 522 g/mol. The number of ether oxygens (including phenoxy) is 1. The molecule has 6 nitrogen and oxygen atoms in total. The average Bonchev–Trinajstić information content (AvgIpc) is 3.38. The lowest BCUT2D eigenvalue weighted by molar-refractivity contribution is -0.154. The number of Topliss-reactive ketones (excluding diaryl/α,β-unsaturated/α-hetero) is 1. The van der Waals surface area contributed by atoms with Gasteiger partial charge >= 0.3 is 11.9 Å². The van der Waals surface area contributed by atoms with Crippen molar-refractivity contribution in [3.05, 3.63) is 46.5 Å². The van der Waals surface area contributed by atoms with Crippen LogP contribution in [-0.4, -0.2) is 54.2 Å². The van der Waals surface area contributed by atoms with Gasteiger partial charge in [0, 0.05) is 16.9 Å². The van der Waals surface area contributed by atoms with Crippen LogP contribution in [-0.2, 0) is 14.3 Å². The summed E-state index contributed by atoms with van der Waals surface area (Å²) in [5, 5.41) is 0.730. The third-order valence-corrected chi connectivity index (χ3v) is 9.67. The molecule has 2 aliphatic heterocycles. The maximum absolute atomic E-state index is 13.8. The highest BCUT2D eigenvalue weighted by atomic mass is 35.5. The van der Waals surface area contributed by atoms with Crippen molar-refractivity contribution in [1.29, 1.82) is 0 Å². The van der Waals surface area contributed by atoms with E-state index in [2.05, 4.69) is 26.7 Å². The van der Waals surface area contributed by atoms with E-state index < -0.39 is 0 Å². The summed E-state index contributed by atoms with van der Waals surface area (Å²) < 4.78 is 10.4. The molecule has 4 unspecified atom stereocenters. The molecule has 0 amide bonds. The van der Waals surface area contributed by atoms with Gasteiger partial charge in [-0.1, -0.05) is 35.6 Å². The quantitative estimate of drug-likeness (QED) is 0.294. The van der Waals surface area contributed by atoms with Crippen LogP contribution in [0.15, 0.2) is 40.9 Å². The molecule has 7 heteroatoms. The Morgan fingerprint density at radius 2 is 1.77 bits per heavy atom. The summed E-state index contributed by atoms with van der Waals surface area (Å²) in [5.74, 6) is 1.62. The van der Waals surface area contributed by atoms with Crippen molar-refractivity contribution in [3.8, 4) is 0 Å². The molecule has 0 radical (unpaired) electrons. The molecule has 1 aromatic carbocycles. The van der Waals surface area contributed by atoms with E-state index >= 15 is 0 Å². The van der Waals surface area contributed by atoms with Crippen molar-refractivity contribution in [2.24, 2.45) is 28.7 Å². The summed E-state index contributed by atoms with van der Waals surface area (Å²) in [5.41, 5.74) is 2.34. The molecule has 4 atom stereocenters. The fourth-order valence-electron chi connectivity index (χ4n) is 7.09. The van der Waals surface area contributed by atoms with E-state index in [9.17, 15) is 9.59 Å².